The summed E-state index contributed by atoms with van der Waals surface area (Å²) in [7, 11) is 0. The lowest BCUT2D eigenvalue weighted by Crippen LogP contribution is -2.45. The number of cyclic esters (lactones) is 1. The molecule has 0 fully saturated rings. The molecule has 1 aromatic carbocycles. The second-order valence-corrected chi connectivity index (χ2v) is 8.54. The molecule has 5 rings (SSSR count). The van der Waals surface area contributed by atoms with Gasteiger partial charge in [0, 0.05) is 27.4 Å². The normalized spacial score (nSPS) is 19.4. The average molecular weight is 473 g/mol. The summed E-state index contributed by atoms with van der Waals surface area (Å²) in [4.78, 5) is 30.3. The van der Waals surface area contributed by atoms with Gasteiger partial charge in [0.1, 0.15) is 6.61 Å². The van der Waals surface area contributed by atoms with Crippen molar-refractivity contribution in [2.75, 3.05) is 6.67 Å². The van der Waals surface area contributed by atoms with E-state index in [0.717, 1.165) is 32.9 Å². The smallest absolute Gasteiger partial charge is 0.343 e. The fraction of sp³-hybridized carbons (Fsp3) is 0.318. The highest BCUT2D eigenvalue weighted by Gasteiger charge is 2.46. The van der Waals surface area contributed by atoms with Crippen LogP contribution in [0.1, 0.15) is 35.6 Å². The fourth-order valence-corrected chi connectivity index (χ4v) is 4.93. The monoisotopic (exact) mass is 472 g/mol. The van der Waals surface area contributed by atoms with E-state index in [2.05, 4.69) is 22.9 Å². The van der Waals surface area contributed by atoms with Crippen molar-refractivity contribution < 1.29 is 19.0 Å². The molecular formula is C22H18BrFN2O4. The SMILES string of the molecule is CCc1c2c(nc3cc(Br)ccc13)-c1cc3c(c(=O)n1C2)COC(=O)C3(O)CCF. The van der Waals surface area contributed by atoms with Crippen LogP contribution in [0.15, 0.2) is 33.5 Å². The summed E-state index contributed by atoms with van der Waals surface area (Å²) >= 11 is 3.48. The van der Waals surface area contributed by atoms with E-state index in [1.54, 1.807) is 10.6 Å². The van der Waals surface area contributed by atoms with E-state index < -0.39 is 24.7 Å². The molecule has 3 aromatic rings. The minimum absolute atomic E-state index is 0.120. The average Bonchev–Trinajstić information content (AvgIpc) is 3.08. The molecule has 0 aliphatic carbocycles. The second kappa shape index (κ2) is 6.72. The van der Waals surface area contributed by atoms with Crippen molar-refractivity contribution >= 4 is 32.8 Å². The number of carbonyl (C=O) groups excluding carboxylic acids is 1. The standard InChI is InChI=1S/C22H18BrFN2O4/c1-2-12-13-4-3-11(23)7-17(13)25-19-14(12)9-26-18(19)8-16-15(20(26)27)10-30-21(28)22(16,29)5-6-24/h3-4,7-8,29H,2,5-6,9-10H2,1H3. The first-order chi connectivity index (χ1) is 14.4. The molecule has 4 heterocycles. The van der Waals surface area contributed by atoms with Crippen molar-refractivity contribution in [2.24, 2.45) is 0 Å². The van der Waals surface area contributed by atoms with Gasteiger partial charge in [-0.3, -0.25) is 9.18 Å². The minimum Gasteiger partial charge on any atom is -0.458 e. The Morgan fingerprint density at radius 3 is 2.83 bits per heavy atom. The third-order valence-corrected chi connectivity index (χ3v) is 6.56. The molecule has 2 aliphatic rings. The van der Waals surface area contributed by atoms with Gasteiger partial charge in [-0.1, -0.05) is 28.9 Å². The third kappa shape index (κ3) is 2.53. The number of pyridine rings is 2. The molecule has 0 saturated heterocycles. The molecule has 1 N–H and O–H groups in total. The molecular weight excluding hydrogens is 455 g/mol. The fourth-order valence-electron chi connectivity index (χ4n) is 4.58. The molecule has 0 saturated carbocycles. The van der Waals surface area contributed by atoms with Crippen molar-refractivity contribution in [1.29, 1.82) is 0 Å². The third-order valence-electron chi connectivity index (χ3n) is 6.07. The van der Waals surface area contributed by atoms with Gasteiger partial charge in [-0.15, -0.1) is 0 Å². The van der Waals surface area contributed by atoms with Crippen LogP contribution in [0, 0.1) is 0 Å². The summed E-state index contributed by atoms with van der Waals surface area (Å²) < 4.78 is 20.7. The second-order valence-electron chi connectivity index (χ2n) is 7.62. The Morgan fingerprint density at radius 2 is 2.10 bits per heavy atom. The number of hydrogen-bond donors (Lipinski definition) is 1. The van der Waals surface area contributed by atoms with Gasteiger partial charge in [0.2, 0.25) is 0 Å². The van der Waals surface area contributed by atoms with Crippen LogP contribution in [-0.4, -0.2) is 27.3 Å². The predicted molar refractivity (Wildman–Crippen MR) is 112 cm³/mol. The molecule has 1 atom stereocenters. The topological polar surface area (TPSA) is 81.4 Å². The predicted octanol–water partition coefficient (Wildman–Crippen LogP) is 3.35. The zero-order valence-electron chi connectivity index (χ0n) is 16.2. The van der Waals surface area contributed by atoms with E-state index in [1.165, 1.54) is 0 Å². The highest BCUT2D eigenvalue weighted by atomic mass is 79.9. The molecule has 0 bridgehead atoms. The summed E-state index contributed by atoms with van der Waals surface area (Å²) in [6, 6.07) is 7.50. The van der Waals surface area contributed by atoms with Crippen LogP contribution in [0.25, 0.3) is 22.3 Å². The van der Waals surface area contributed by atoms with Crippen molar-refractivity contribution in [2.45, 2.75) is 38.5 Å². The van der Waals surface area contributed by atoms with Gasteiger partial charge < -0.3 is 14.4 Å². The molecule has 0 radical (unpaired) electrons. The molecule has 154 valence electrons. The first kappa shape index (κ1) is 19.4. The number of hydrogen-bond acceptors (Lipinski definition) is 5. The van der Waals surface area contributed by atoms with Gasteiger partial charge in [0.15, 0.2) is 5.60 Å². The van der Waals surface area contributed by atoms with E-state index in [9.17, 15) is 19.1 Å². The molecule has 6 nitrogen and oxygen atoms in total. The van der Waals surface area contributed by atoms with E-state index in [1.807, 2.05) is 18.2 Å². The number of carbonyl (C=O) groups is 1. The van der Waals surface area contributed by atoms with Crippen molar-refractivity contribution in [3.8, 4) is 11.4 Å². The van der Waals surface area contributed by atoms with Crippen LogP contribution in [0.3, 0.4) is 0 Å². The zero-order valence-corrected chi connectivity index (χ0v) is 17.8. The number of alkyl halides is 1. The van der Waals surface area contributed by atoms with Crippen LogP contribution < -0.4 is 5.56 Å². The Hall–Kier alpha value is -2.58. The van der Waals surface area contributed by atoms with Crippen LogP contribution >= 0.6 is 15.9 Å². The molecule has 2 aromatic heterocycles. The van der Waals surface area contributed by atoms with Crippen LogP contribution in [0.4, 0.5) is 4.39 Å². The molecule has 2 aliphatic heterocycles. The molecule has 1 unspecified atom stereocenters. The van der Waals surface area contributed by atoms with Crippen LogP contribution in [0.2, 0.25) is 0 Å². The Bertz CT molecular complexity index is 1300. The maximum Gasteiger partial charge on any atom is 0.343 e. The minimum atomic E-state index is -2.17. The first-order valence-corrected chi connectivity index (χ1v) is 10.5. The Balaban J connectivity index is 1.82. The zero-order chi connectivity index (χ0) is 21.2. The number of fused-ring (bicyclic) bond motifs is 5. The molecule has 0 spiro atoms. The summed E-state index contributed by atoms with van der Waals surface area (Å²) in [6.45, 7) is 1.26. The van der Waals surface area contributed by atoms with Crippen molar-refractivity contribution in [3.05, 3.63) is 61.3 Å². The summed E-state index contributed by atoms with van der Waals surface area (Å²) in [5, 5.41) is 11.9. The van der Waals surface area contributed by atoms with Gasteiger partial charge in [0.25, 0.3) is 5.56 Å². The van der Waals surface area contributed by atoms with Gasteiger partial charge >= 0.3 is 5.97 Å². The first-order valence-electron chi connectivity index (χ1n) is 9.73. The van der Waals surface area contributed by atoms with Crippen molar-refractivity contribution in [3.63, 3.8) is 0 Å². The Labute approximate surface area is 179 Å². The van der Waals surface area contributed by atoms with E-state index >= 15 is 0 Å². The van der Waals surface area contributed by atoms with Crippen molar-refractivity contribution in [1.82, 2.24) is 9.55 Å². The Kier molecular flexibility index (Phi) is 4.34. The lowest BCUT2D eigenvalue weighted by atomic mass is 9.85. The number of benzene rings is 1. The number of rotatable bonds is 3. The maximum atomic E-state index is 13.3. The quantitative estimate of drug-likeness (QED) is 0.462. The number of ether oxygens (including phenoxy) is 1. The number of halogens is 2. The highest BCUT2D eigenvalue weighted by Crippen LogP contribution is 2.40. The molecule has 0 amide bonds. The number of aryl methyl sites for hydroxylation is 1. The summed E-state index contributed by atoms with van der Waals surface area (Å²) in [6.07, 6.45) is 0.297. The number of aliphatic hydroxyl groups is 1. The summed E-state index contributed by atoms with van der Waals surface area (Å²) in [5.74, 6) is -0.931. The largest absolute Gasteiger partial charge is 0.458 e. The van der Waals surface area contributed by atoms with Crippen LogP contribution in [0.5, 0.6) is 0 Å². The molecule has 8 heteroatoms. The van der Waals surface area contributed by atoms with Gasteiger partial charge in [-0.25, -0.2) is 9.78 Å². The highest BCUT2D eigenvalue weighted by molar-refractivity contribution is 9.10. The lowest BCUT2D eigenvalue weighted by Gasteiger charge is -2.31. The lowest BCUT2D eigenvalue weighted by molar-refractivity contribution is -0.173. The van der Waals surface area contributed by atoms with E-state index in [0.29, 0.717) is 17.9 Å². The number of aromatic nitrogens is 2. The van der Waals surface area contributed by atoms with Gasteiger partial charge in [-0.05, 0) is 30.2 Å². The molecule has 30 heavy (non-hydrogen) atoms. The van der Waals surface area contributed by atoms with E-state index in [4.69, 9.17) is 9.72 Å². The number of nitrogens with zero attached hydrogens (tertiary/aromatic N) is 2. The number of esters is 1. The summed E-state index contributed by atoms with van der Waals surface area (Å²) in [5.41, 5.74) is 1.81. The maximum absolute atomic E-state index is 13.3. The Morgan fingerprint density at radius 1 is 1.30 bits per heavy atom. The van der Waals surface area contributed by atoms with Gasteiger partial charge in [-0.2, -0.15) is 0 Å². The van der Waals surface area contributed by atoms with E-state index in [-0.39, 0.29) is 23.3 Å². The van der Waals surface area contributed by atoms with Gasteiger partial charge in [0.05, 0.1) is 35.7 Å². The van der Waals surface area contributed by atoms with Crippen LogP contribution in [-0.2, 0) is 34.7 Å².